The zero-order chi connectivity index (χ0) is 16.4. The van der Waals surface area contributed by atoms with Crippen LogP contribution in [0.25, 0.3) is 11.0 Å². The maximum absolute atomic E-state index is 13.4. The molecule has 0 unspecified atom stereocenters. The van der Waals surface area contributed by atoms with Crippen molar-refractivity contribution in [3.05, 3.63) is 24.3 Å². The number of nitrogens with zero attached hydrogens (tertiary/aromatic N) is 2. The second kappa shape index (κ2) is 6.86. The Hall–Kier alpha value is -1.63. The molecule has 1 aliphatic rings. The summed E-state index contributed by atoms with van der Waals surface area (Å²) in [6.07, 6.45) is 4.26. The molecule has 0 saturated heterocycles. The van der Waals surface area contributed by atoms with Gasteiger partial charge in [0.1, 0.15) is 0 Å². The van der Waals surface area contributed by atoms with Crippen LogP contribution in [0.5, 0.6) is 0 Å². The Morgan fingerprint density at radius 2 is 2.04 bits per heavy atom. The number of alkyl halides is 2. The number of hydrogen-bond acceptors (Lipinski definition) is 3. The van der Waals surface area contributed by atoms with Crippen molar-refractivity contribution in [2.24, 2.45) is 0 Å². The van der Waals surface area contributed by atoms with E-state index in [-0.39, 0.29) is 17.1 Å². The highest BCUT2D eigenvalue weighted by atomic mass is 32.2. The average molecular weight is 339 g/mol. The molecule has 4 nitrogen and oxygen atoms in total. The van der Waals surface area contributed by atoms with Gasteiger partial charge < -0.3 is 5.32 Å². The number of hydrogen-bond donors (Lipinski definition) is 1. The van der Waals surface area contributed by atoms with E-state index in [1.165, 1.54) is 0 Å². The molecule has 1 aromatic carbocycles. The lowest BCUT2D eigenvalue weighted by molar-refractivity contribution is -0.120. The summed E-state index contributed by atoms with van der Waals surface area (Å²) in [5.41, 5.74) is 0.895. The molecule has 1 aliphatic carbocycles. The number of imidazole rings is 1. The zero-order valence-corrected chi connectivity index (χ0v) is 13.7. The van der Waals surface area contributed by atoms with E-state index < -0.39 is 11.8 Å². The van der Waals surface area contributed by atoms with Crippen LogP contribution < -0.4 is 5.32 Å². The fourth-order valence-corrected chi connectivity index (χ4v) is 3.83. The zero-order valence-electron chi connectivity index (χ0n) is 12.8. The van der Waals surface area contributed by atoms with E-state index in [9.17, 15) is 13.6 Å². The number of carbonyl (C=O) groups excluding carboxylic acids is 1. The summed E-state index contributed by atoms with van der Waals surface area (Å²) in [5, 5.41) is 2.71. The van der Waals surface area contributed by atoms with Crippen molar-refractivity contribution in [3.8, 4) is 0 Å². The molecule has 1 N–H and O–H groups in total. The van der Waals surface area contributed by atoms with Crippen LogP contribution in [0, 0.1) is 0 Å². The van der Waals surface area contributed by atoms with E-state index >= 15 is 0 Å². The summed E-state index contributed by atoms with van der Waals surface area (Å²) in [6.45, 7) is -0.959. The number of fused-ring (bicyclic) bond motifs is 1. The van der Waals surface area contributed by atoms with Gasteiger partial charge in [0.25, 0.3) is 0 Å². The summed E-state index contributed by atoms with van der Waals surface area (Å²) in [7, 11) is 0. The van der Waals surface area contributed by atoms with Crippen LogP contribution in [0.4, 0.5) is 8.78 Å². The number of benzene rings is 1. The number of nitrogens with one attached hydrogen (secondary N) is 1. The minimum absolute atomic E-state index is 0.116. The van der Waals surface area contributed by atoms with Gasteiger partial charge in [-0.3, -0.25) is 9.36 Å². The first-order chi connectivity index (χ1) is 11.1. The third-order valence-electron chi connectivity index (χ3n) is 4.11. The van der Waals surface area contributed by atoms with Gasteiger partial charge in [-0.1, -0.05) is 36.7 Å². The second-order valence-electron chi connectivity index (χ2n) is 5.78. The molecular formula is C16H19F2N3OS. The van der Waals surface area contributed by atoms with Crippen LogP contribution in [0.2, 0.25) is 0 Å². The second-order valence-corrected chi connectivity index (χ2v) is 7.09. The summed E-state index contributed by atoms with van der Waals surface area (Å²) in [4.78, 5) is 16.5. The topological polar surface area (TPSA) is 46.9 Å². The molecule has 0 aliphatic heterocycles. The molecule has 1 fully saturated rings. The Labute approximate surface area is 137 Å². The van der Waals surface area contributed by atoms with Crippen LogP contribution in [-0.2, 0) is 4.79 Å². The number of thioether (sulfide) groups is 1. The van der Waals surface area contributed by atoms with Crippen LogP contribution >= 0.6 is 11.8 Å². The first-order valence-electron chi connectivity index (χ1n) is 7.78. The van der Waals surface area contributed by atoms with Gasteiger partial charge in [0.2, 0.25) is 5.91 Å². The first-order valence-corrected chi connectivity index (χ1v) is 8.66. The van der Waals surface area contributed by atoms with Gasteiger partial charge in [-0.25, -0.2) is 4.98 Å². The Kier molecular flexibility index (Phi) is 4.84. The highest BCUT2D eigenvalue weighted by Gasteiger charge is 2.25. The fraction of sp³-hybridized carbons (Fsp3) is 0.500. The van der Waals surface area contributed by atoms with E-state index in [2.05, 4.69) is 10.3 Å². The summed E-state index contributed by atoms with van der Waals surface area (Å²) < 4.78 is 27.6. The predicted molar refractivity (Wildman–Crippen MR) is 86.7 cm³/mol. The molecule has 3 rings (SSSR count). The monoisotopic (exact) mass is 339 g/mol. The maximum atomic E-state index is 13.4. The molecule has 1 heterocycles. The lowest BCUT2D eigenvalue weighted by atomic mass is 10.2. The van der Waals surface area contributed by atoms with Crippen LogP contribution in [0.1, 0.15) is 39.2 Å². The van der Waals surface area contributed by atoms with Crippen LogP contribution in [0.3, 0.4) is 0 Å². The standard InChI is InChI=1S/C16H19F2N3OS/c1-10(14(22)19-11-6-2-3-7-11)23-16-20-12-8-4-5-9-13(12)21(16)15(17)18/h4-5,8-11,15H,2-3,6-7H2,1H3,(H,19,22)/t10-/m0/s1. The van der Waals surface area contributed by atoms with Crippen molar-refractivity contribution in [1.29, 1.82) is 0 Å². The fourth-order valence-electron chi connectivity index (χ4n) is 2.89. The van der Waals surface area contributed by atoms with E-state index in [0.717, 1.165) is 42.0 Å². The van der Waals surface area contributed by atoms with Gasteiger partial charge in [-0.2, -0.15) is 8.78 Å². The Morgan fingerprint density at radius 1 is 1.35 bits per heavy atom. The molecular weight excluding hydrogens is 320 g/mol. The van der Waals surface area contributed by atoms with Gasteiger partial charge in [-0.05, 0) is 31.9 Å². The Bertz CT molecular complexity index is 698. The van der Waals surface area contributed by atoms with Crippen LogP contribution in [-0.4, -0.2) is 26.8 Å². The molecule has 23 heavy (non-hydrogen) atoms. The minimum atomic E-state index is -2.69. The van der Waals surface area contributed by atoms with Gasteiger partial charge >= 0.3 is 6.55 Å². The Morgan fingerprint density at radius 3 is 2.74 bits per heavy atom. The summed E-state index contributed by atoms with van der Waals surface area (Å²) in [6, 6.07) is 6.99. The quantitative estimate of drug-likeness (QED) is 0.839. The number of carbonyl (C=O) groups is 1. The summed E-state index contributed by atoms with van der Waals surface area (Å²) in [5.74, 6) is -0.116. The molecule has 0 radical (unpaired) electrons. The Balaban J connectivity index is 1.77. The molecule has 1 aromatic heterocycles. The predicted octanol–water partition coefficient (Wildman–Crippen LogP) is 3.97. The largest absolute Gasteiger partial charge is 0.352 e. The molecule has 1 atom stereocenters. The van der Waals surface area contributed by atoms with Crippen LogP contribution in [0.15, 0.2) is 29.4 Å². The van der Waals surface area contributed by atoms with E-state index in [4.69, 9.17) is 0 Å². The van der Waals surface area contributed by atoms with Crippen molar-refractivity contribution in [2.75, 3.05) is 0 Å². The number of rotatable bonds is 5. The van der Waals surface area contributed by atoms with E-state index in [1.54, 1.807) is 31.2 Å². The highest BCUT2D eigenvalue weighted by Crippen LogP contribution is 2.31. The normalized spacial score (nSPS) is 17.0. The number of halogens is 2. The first kappa shape index (κ1) is 16.2. The highest BCUT2D eigenvalue weighted by molar-refractivity contribution is 8.00. The van der Waals surface area contributed by atoms with Crippen molar-refractivity contribution in [1.82, 2.24) is 14.9 Å². The van der Waals surface area contributed by atoms with Gasteiger partial charge in [-0.15, -0.1) is 0 Å². The molecule has 0 spiro atoms. The number of aromatic nitrogens is 2. The van der Waals surface area contributed by atoms with Crippen molar-refractivity contribution < 1.29 is 13.6 Å². The SMILES string of the molecule is C[C@H](Sc1nc2ccccc2n1C(F)F)C(=O)NC1CCCC1. The van der Waals surface area contributed by atoms with Crippen molar-refractivity contribution in [2.45, 2.75) is 55.6 Å². The number of para-hydroxylation sites is 2. The van der Waals surface area contributed by atoms with Gasteiger partial charge in [0, 0.05) is 6.04 Å². The molecule has 7 heteroatoms. The molecule has 1 saturated carbocycles. The van der Waals surface area contributed by atoms with Gasteiger partial charge in [0.05, 0.1) is 16.3 Å². The van der Waals surface area contributed by atoms with Gasteiger partial charge in [0.15, 0.2) is 5.16 Å². The number of amides is 1. The maximum Gasteiger partial charge on any atom is 0.321 e. The van der Waals surface area contributed by atoms with Crippen molar-refractivity contribution >= 4 is 28.7 Å². The molecule has 124 valence electrons. The smallest absolute Gasteiger partial charge is 0.321 e. The lowest BCUT2D eigenvalue weighted by Gasteiger charge is -2.16. The minimum Gasteiger partial charge on any atom is -0.352 e. The third-order valence-corrected chi connectivity index (χ3v) is 5.18. The molecule has 2 aromatic rings. The summed E-state index contributed by atoms with van der Waals surface area (Å²) >= 11 is 1.08. The molecule has 1 amide bonds. The lowest BCUT2D eigenvalue weighted by Crippen LogP contribution is -2.37. The van der Waals surface area contributed by atoms with E-state index in [1.807, 2.05) is 0 Å². The van der Waals surface area contributed by atoms with E-state index in [0.29, 0.717) is 11.0 Å². The van der Waals surface area contributed by atoms with Crippen molar-refractivity contribution in [3.63, 3.8) is 0 Å². The average Bonchev–Trinajstić information content (AvgIpc) is 3.13. The molecule has 0 bridgehead atoms. The third kappa shape index (κ3) is 3.49.